The van der Waals surface area contributed by atoms with E-state index in [1.807, 2.05) is 19.9 Å². The zero-order valence-corrected chi connectivity index (χ0v) is 13.8. The van der Waals surface area contributed by atoms with Gasteiger partial charge >= 0.3 is 0 Å². The number of nitriles is 1. The van der Waals surface area contributed by atoms with E-state index in [-0.39, 0.29) is 23.2 Å². The molecule has 21 heavy (non-hydrogen) atoms. The highest BCUT2D eigenvalue weighted by atomic mass is 31.0. The van der Waals surface area contributed by atoms with E-state index in [0.717, 1.165) is 6.42 Å². The second kappa shape index (κ2) is 5.51. The van der Waals surface area contributed by atoms with Gasteiger partial charge in [0.25, 0.3) is 0 Å². The molecule has 0 aromatic heterocycles. The Kier molecular flexibility index (Phi) is 4.24. The van der Waals surface area contributed by atoms with Gasteiger partial charge in [-0.25, -0.2) is 0 Å². The second-order valence-electron chi connectivity index (χ2n) is 6.28. The van der Waals surface area contributed by atoms with E-state index in [0.29, 0.717) is 19.7 Å². The number of Topliss-reactive ketones (excluding diaryl/α,β-unsaturated/α-hetero) is 1. The highest BCUT2D eigenvalue weighted by Gasteiger charge is 2.57. The average Bonchev–Trinajstić information content (AvgIpc) is 2.44. The molecule has 1 saturated heterocycles. The molecule has 0 radical (unpaired) electrons. The minimum atomic E-state index is -0.867. The maximum Gasteiger partial charge on any atom is 0.236 e. The molecule has 114 valence electrons. The number of ether oxygens (including phenoxy) is 1. The highest BCUT2D eigenvalue weighted by Crippen LogP contribution is 2.52. The summed E-state index contributed by atoms with van der Waals surface area (Å²) in [6.07, 6.45) is 2.30. The summed E-state index contributed by atoms with van der Waals surface area (Å²) in [4.78, 5) is 27.0. The lowest BCUT2D eigenvalue weighted by atomic mass is 9.60. The molecule has 5 nitrogen and oxygen atoms in total. The van der Waals surface area contributed by atoms with Crippen molar-refractivity contribution in [1.82, 2.24) is 4.90 Å². The summed E-state index contributed by atoms with van der Waals surface area (Å²) in [5.74, 6) is -0.314. The van der Waals surface area contributed by atoms with Crippen LogP contribution in [0.15, 0.2) is 11.6 Å². The number of hydrogen-bond donors (Lipinski definition) is 0. The van der Waals surface area contributed by atoms with E-state index in [9.17, 15) is 14.9 Å². The summed E-state index contributed by atoms with van der Waals surface area (Å²) in [5.41, 5.74) is -0.613. The highest BCUT2D eigenvalue weighted by molar-refractivity contribution is 7.21. The number of nitrogens with zero attached hydrogens (tertiary/aromatic N) is 2. The molecule has 0 aromatic rings. The van der Waals surface area contributed by atoms with E-state index >= 15 is 0 Å². The van der Waals surface area contributed by atoms with Gasteiger partial charge in [0.05, 0.1) is 17.3 Å². The van der Waals surface area contributed by atoms with Gasteiger partial charge in [0.15, 0.2) is 5.78 Å². The van der Waals surface area contributed by atoms with Crippen molar-refractivity contribution in [3.8, 4) is 6.07 Å². The largest absolute Gasteiger partial charge is 0.383 e. The minimum absolute atomic E-state index is 0.0471. The minimum Gasteiger partial charge on any atom is -0.383 e. The van der Waals surface area contributed by atoms with Crippen LogP contribution in [0.1, 0.15) is 20.3 Å². The van der Waals surface area contributed by atoms with Crippen molar-refractivity contribution >= 4 is 20.9 Å². The number of carbonyl (C=O) groups is 2. The fraction of sp³-hybridized carbons (Fsp3) is 0.667. The van der Waals surface area contributed by atoms with Crippen molar-refractivity contribution in [1.29, 1.82) is 5.26 Å². The quantitative estimate of drug-likeness (QED) is 0.733. The number of amides is 1. The molecule has 1 aliphatic heterocycles. The third kappa shape index (κ3) is 2.41. The van der Waals surface area contributed by atoms with Gasteiger partial charge in [-0.05, 0) is 18.4 Å². The molecule has 3 atom stereocenters. The first-order valence-electron chi connectivity index (χ1n) is 7.04. The van der Waals surface area contributed by atoms with Gasteiger partial charge < -0.3 is 9.64 Å². The molecule has 1 amide bonds. The van der Waals surface area contributed by atoms with Crippen molar-refractivity contribution in [3.05, 3.63) is 11.6 Å². The van der Waals surface area contributed by atoms with Crippen LogP contribution in [0.5, 0.6) is 0 Å². The summed E-state index contributed by atoms with van der Waals surface area (Å²) in [7, 11) is 4.20. The lowest BCUT2D eigenvalue weighted by Gasteiger charge is -2.51. The molecule has 0 spiro atoms. The van der Waals surface area contributed by atoms with Crippen LogP contribution in [0.2, 0.25) is 0 Å². The molecule has 0 bridgehead atoms. The smallest absolute Gasteiger partial charge is 0.236 e. The fourth-order valence-corrected chi connectivity index (χ4v) is 4.41. The van der Waals surface area contributed by atoms with Crippen LogP contribution in [-0.2, 0) is 14.3 Å². The molecule has 6 heteroatoms. The molecule has 1 aliphatic carbocycles. The van der Waals surface area contributed by atoms with Crippen LogP contribution < -0.4 is 0 Å². The lowest BCUT2D eigenvalue weighted by Crippen LogP contribution is -2.61. The number of likely N-dealkylation sites (tertiary alicyclic amines) is 1. The summed E-state index contributed by atoms with van der Waals surface area (Å²) in [6.45, 7) is 5.30. The van der Waals surface area contributed by atoms with E-state index < -0.39 is 10.6 Å². The number of piperidine rings is 1. The summed E-state index contributed by atoms with van der Waals surface area (Å²) in [5, 5.41) is 8.33. The van der Waals surface area contributed by atoms with Crippen molar-refractivity contribution in [2.24, 2.45) is 11.3 Å². The van der Waals surface area contributed by atoms with E-state index in [2.05, 4.69) is 9.24 Å². The maximum atomic E-state index is 12.8. The van der Waals surface area contributed by atoms with Crippen molar-refractivity contribution in [2.75, 3.05) is 26.8 Å². The molecule has 2 aliphatic rings. The van der Waals surface area contributed by atoms with Crippen molar-refractivity contribution in [3.63, 3.8) is 0 Å². The van der Waals surface area contributed by atoms with E-state index in [1.54, 1.807) is 18.1 Å². The van der Waals surface area contributed by atoms with E-state index in [4.69, 9.17) is 4.74 Å². The Balaban J connectivity index is 2.43. The molecule has 1 heterocycles. The van der Waals surface area contributed by atoms with Gasteiger partial charge in [0.1, 0.15) is 6.07 Å². The first kappa shape index (κ1) is 16.1. The van der Waals surface area contributed by atoms with Gasteiger partial charge in [-0.1, -0.05) is 13.8 Å². The molecule has 0 N–H and O–H groups in total. The van der Waals surface area contributed by atoms with E-state index in [1.165, 1.54) is 0 Å². The molecular formula is C15H21N2O3P. The fourth-order valence-electron chi connectivity index (χ4n) is 3.48. The number of allylic oxidation sites excluding steroid dienone is 1. The Morgan fingerprint density at radius 1 is 1.52 bits per heavy atom. The SMILES string of the molecule is COCCN1CC[C@@H]2C(C)(C)C(=O)C(C#N)=C[C@@]2(P)C1=O. The molecule has 1 fully saturated rings. The lowest BCUT2D eigenvalue weighted by molar-refractivity contribution is -0.143. The molecule has 0 aromatic carbocycles. The van der Waals surface area contributed by atoms with Gasteiger partial charge in [0.2, 0.25) is 5.91 Å². The topological polar surface area (TPSA) is 70.4 Å². The first-order chi connectivity index (χ1) is 9.79. The third-order valence-corrected chi connectivity index (χ3v) is 5.51. The van der Waals surface area contributed by atoms with Crippen LogP contribution in [0.25, 0.3) is 0 Å². The Bertz CT molecular complexity index is 550. The Morgan fingerprint density at radius 2 is 2.19 bits per heavy atom. The third-order valence-electron chi connectivity index (χ3n) is 4.69. The Labute approximate surface area is 127 Å². The monoisotopic (exact) mass is 308 g/mol. The predicted molar refractivity (Wildman–Crippen MR) is 81.5 cm³/mol. The van der Waals surface area contributed by atoms with Gasteiger partial charge in [-0.3, -0.25) is 9.59 Å². The Hall–Kier alpha value is -1.24. The van der Waals surface area contributed by atoms with Crippen LogP contribution in [0.3, 0.4) is 0 Å². The van der Waals surface area contributed by atoms with Gasteiger partial charge in [0, 0.05) is 25.6 Å². The van der Waals surface area contributed by atoms with Crippen LogP contribution >= 0.6 is 9.24 Å². The average molecular weight is 308 g/mol. The van der Waals surface area contributed by atoms with Crippen LogP contribution in [-0.4, -0.2) is 48.6 Å². The number of rotatable bonds is 3. The normalized spacial score (nSPS) is 31.5. The number of methoxy groups -OCH3 is 1. The number of carbonyl (C=O) groups excluding carboxylic acids is 2. The number of hydrogen-bond acceptors (Lipinski definition) is 4. The standard InChI is InChI=1S/C15H21N2O3P/c1-14(2)11-4-5-17(6-7-20-3)13(19)15(11,21)8-10(9-16)12(14)18/h8,11H,4-7,21H2,1-3H3/t11-,15+/m1/s1. The summed E-state index contributed by atoms with van der Waals surface area (Å²) < 4.78 is 5.04. The van der Waals surface area contributed by atoms with Crippen LogP contribution in [0.4, 0.5) is 0 Å². The number of ketones is 1. The summed E-state index contributed by atoms with van der Waals surface area (Å²) in [6, 6.07) is 1.95. The predicted octanol–water partition coefficient (Wildman–Crippen LogP) is 1.15. The molecule has 0 saturated carbocycles. The van der Waals surface area contributed by atoms with Crippen molar-refractivity contribution < 1.29 is 14.3 Å². The maximum absolute atomic E-state index is 12.8. The molecular weight excluding hydrogens is 287 g/mol. The zero-order chi connectivity index (χ0) is 15.8. The zero-order valence-electron chi connectivity index (χ0n) is 12.7. The van der Waals surface area contributed by atoms with Crippen LogP contribution in [0, 0.1) is 22.7 Å². The molecule has 1 unspecified atom stereocenters. The molecule has 2 rings (SSSR count). The van der Waals surface area contributed by atoms with Gasteiger partial charge in [-0.2, -0.15) is 5.26 Å². The first-order valence-corrected chi connectivity index (χ1v) is 7.61. The summed E-state index contributed by atoms with van der Waals surface area (Å²) >= 11 is 0. The second-order valence-corrected chi connectivity index (χ2v) is 7.24. The van der Waals surface area contributed by atoms with Crippen molar-refractivity contribution in [2.45, 2.75) is 25.4 Å². The Morgan fingerprint density at radius 3 is 2.76 bits per heavy atom. The number of fused-ring (bicyclic) bond motifs is 1. The van der Waals surface area contributed by atoms with Gasteiger partial charge in [-0.15, -0.1) is 9.24 Å².